The van der Waals surface area contributed by atoms with Crippen molar-refractivity contribution in [3.8, 4) is 0 Å². The lowest BCUT2D eigenvalue weighted by atomic mass is 10.2. The maximum Gasteiger partial charge on any atom is 0.243 e. The van der Waals surface area contributed by atoms with Gasteiger partial charge in [0.1, 0.15) is 0 Å². The third-order valence-corrected chi connectivity index (χ3v) is 6.24. The van der Waals surface area contributed by atoms with Gasteiger partial charge in [-0.3, -0.25) is 4.79 Å². The summed E-state index contributed by atoms with van der Waals surface area (Å²) in [5.41, 5.74) is 1.61. The number of rotatable bonds is 2. The summed E-state index contributed by atoms with van der Waals surface area (Å²) < 4.78 is 26.8. The van der Waals surface area contributed by atoms with Crippen molar-refractivity contribution in [2.45, 2.75) is 37.1 Å². The van der Waals surface area contributed by atoms with E-state index in [4.69, 9.17) is 0 Å². The molecule has 1 atom stereocenters. The smallest absolute Gasteiger partial charge is 0.243 e. The van der Waals surface area contributed by atoms with Gasteiger partial charge in [-0.2, -0.15) is 4.31 Å². The Labute approximate surface area is 119 Å². The Bertz CT molecular complexity index is 669. The first-order chi connectivity index (χ1) is 9.41. The molecular weight excluding hydrogens is 276 g/mol. The van der Waals surface area contributed by atoms with Crippen molar-refractivity contribution >= 4 is 21.6 Å². The zero-order valence-corrected chi connectivity index (χ0v) is 12.5. The van der Waals surface area contributed by atoms with E-state index in [2.05, 4.69) is 0 Å². The molecule has 0 radical (unpaired) electrons. The Morgan fingerprint density at radius 3 is 2.70 bits per heavy atom. The van der Waals surface area contributed by atoms with Crippen LogP contribution in [0.4, 0.5) is 5.69 Å². The van der Waals surface area contributed by atoms with Crippen LogP contribution in [0.25, 0.3) is 0 Å². The normalized spacial score (nSPS) is 23.4. The highest BCUT2D eigenvalue weighted by molar-refractivity contribution is 7.89. The molecule has 2 heterocycles. The molecule has 0 bridgehead atoms. The van der Waals surface area contributed by atoms with Gasteiger partial charge in [-0.15, -0.1) is 0 Å². The van der Waals surface area contributed by atoms with Crippen LogP contribution in [-0.2, 0) is 21.2 Å². The molecule has 0 aromatic heterocycles. The van der Waals surface area contributed by atoms with Crippen molar-refractivity contribution in [1.82, 2.24) is 4.31 Å². The number of hydrogen-bond donors (Lipinski definition) is 0. The summed E-state index contributed by atoms with van der Waals surface area (Å²) in [7, 11) is -1.73. The fraction of sp³-hybridized carbons (Fsp3) is 0.500. The van der Waals surface area contributed by atoms with E-state index in [9.17, 15) is 13.2 Å². The summed E-state index contributed by atoms with van der Waals surface area (Å²) in [5.74, 6) is 0.00379. The maximum absolute atomic E-state index is 12.6. The van der Waals surface area contributed by atoms with Crippen molar-refractivity contribution < 1.29 is 13.2 Å². The minimum atomic E-state index is -3.44. The van der Waals surface area contributed by atoms with Crippen LogP contribution >= 0.6 is 0 Å². The SMILES string of the molecule is CC1CCCN1S(=O)(=O)c1ccc2c(c1)CC(=O)N2C. The second kappa shape index (κ2) is 4.56. The monoisotopic (exact) mass is 294 g/mol. The molecule has 108 valence electrons. The van der Waals surface area contributed by atoms with Gasteiger partial charge in [-0.05, 0) is 43.5 Å². The van der Waals surface area contributed by atoms with Gasteiger partial charge >= 0.3 is 0 Å². The largest absolute Gasteiger partial charge is 0.315 e. The van der Waals surface area contributed by atoms with E-state index in [-0.39, 0.29) is 18.4 Å². The first-order valence-corrected chi connectivity index (χ1v) is 8.26. The molecule has 1 aromatic rings. The number of benzene rings is 1. The van der Waals surface area contributed by atoms with Crippen molar-refractivity contribution in [1.29, 1.82) is 0 Å². The fourth-order valence-corrected chi connectivity index (χ4v) is 4.76. The maximum atomic E-state index is 12.6. The Balaban J connectivity index is 2.00. The van der Waals surface area contributed by atoms with Crippen molar-refractivity contribution in [2.75, 3.05) is 18.5 Å². The van der Waals surface area contributed by atoms with Gasteiger partial charge in [-0.25, -0.2) is 8.42 Å². The highest BCUT2D eigenvalue weighted by Gasteiger charge is 2.34. The highest BCUT2D eigenvalue weighted by atomic mass is 32.2. The lowest BCUT2D eigenvalue weighted by Gasteiger charge is -2.21. The number of carbonyl (C=O) groups excluding carboxylic acids is 1. The van der Waals surface area contributed by atoms with E-state index in [1.807, 2.05) is 6.92 Å². The summed E-state index contributed by atoms with van der Waals surface area (Å²) in [5, 5.41) is 0. The zero-order valence-electron chi connectivity index (χ0n) is 11.7. The van der Waals surface area contributed by atoms with Gasteiger partial charge in [-0.1, -0.05) is 0 Å². The number of amides is 1. The first kappa shape index (κ1) is 13.6. The molecule has 6 heteroatoms. The molecule has 1 amide bonds. The summed E-state index contributed by atoms with van der Waals surface area (Å²) in [4.78, 5) is 13.5. The molecule has 1 saturated heterocycles. The lowest BCUT2D eigenvalue weighted by molar-refractivity contribution is -0.117. The van der Waals surface area contributed by atoms with Gasteiger partial charge < -0.3 is 4.90 Å². The van der Waals surface area contributed by atoms with Gasteiger partial charge in [0.2, 0.25) is 15.9 Å². The van der Waals surface area contributed by atoms with E-state index in [0.717, 1.165) is 24.1 Å². The minimum absolute atomic E-state index is 0.00379. The Morgan fingerprint density at radius 1 is 1.30 bits per heavy atom. The van der Waals surface area contributed by atoms with Crippen LogP contribution in [0.1, 0.15) is 25.3 Å². The number of fused-ring (bicyclic) bond motifs is 1. The van der Waals surface area contributed by atoms with E-state index >= 15 is 0 Å². The Hall–Kier alpha value is -1.40. The molecule has 2 aliphatic rings. The molecule has 1 unspecified atom stereocenters. The molecular formula is C14H18N2O3S. The molecule has 0 spiro atoms. The summed E-state index contributed by atoms with van der Waals surface area (Å²) >= 11 is 0. The average Bonchev–Trinajstić information content (AvgIpc) is 2.95. The first-order valence-electron chi connectivity index (χ1n) is 6.82. The van der Waals surface area contributed by atoms with E-state index < -0.39 is 10.0 Å². The number of nitrogens with zero attached hydrogens (tertiary/aromatic N) is 2. The summed E-state index contributed by atoms with van der Waals surface area (Å²) in [6.07, 6.45) is 2.10. The van der Waals surface area contributed by atoms with Gasteiger partial charge in [0.15, 0.2) is 0 Å². The molecule has 0 saturated carbocycles. The average molecular weight is 294 g/mol. The summed E-state index contributed by atoms with van der Waals surface area (Å²) in [6, 6.07) is 5.04. The van der Waals surface area contributed by atoms with Crippen LogP contribution in [0.2, 0.25) is 0 Å². The second-order valence-electron chi connectivity index (χ2n) is 5.53. The molecule has 1 fully saturated rings. The fourth-order valence-electron chi connectivity index (χ4n) is 3.01. The summed E-state index contributed by atoms with van der Waals surface area (Å²) in [6.45, 7) is 2.52. The second-order valence-corrected chi connectivity index (χ2v) is 7.42. The molecule has 0 N–H and O–H groups in total. The highest BCUT2D eigenvalue weighted by Crippen LogP contribution is 2.32. The Kier molecular flexibility index (Phi) is 3.10. The molecule has 2 aliphatic heterocycles. The molecule has 1 aromatic carbocycles. The molecule has 5 nitrogen and oxygen atoms in total. The number of hydrogen-bond acceptors (Lipinski definition) is 3. The van der Waals surface area contributed by atoms with Crippen molar-refractivity contribution in [2.24, 2.45) is 0 Å². The standard InChI is InChI=1S/C14H18N2O3S/c1-10-4-3-7-16(10)20(18,19)12-5-6-13-11(8-12)9-14(17)15(13)2/h5-6,8,10H,3-4,7,9H2,1-2H3. The van der Waals surface area contributed by atoms with Crippen molar-refractivity contribution in [3.63, 3.8) is 0 Å². The molecule has 20 heavy (non-hydrogen) atoms. The third-order valence-electron chi connectivity index (χ3n) is 4.23. The number of anilines is 1. The van der Waals surface area contributed by atoms with Crippen LogP contribution in [0.3, 0.4) is 0 Å². The van der Waals surface area contributed by atoms with Crippen molar-refractivity contribution in [3.05, 3.63) is 23.8 Å². The van der Waals surface area contributed by atoms with Crippen LogP contribution < -0.4 is 4.90 Å². The molecule has 3 rings (SSSR count). The zero-order chi connectivity index (χ0) is 14.5. The van der Waals surface area contributed by atoms with E-state index in [1.54, 1.807) is 34.5 Å². The van der Waals surface area contributed by atoms with E-state index in [0.29, 0.717) is 11.4 Å². The third kappa shape index (κ3) is 1.94. The van der Waals surface area contributed by atoms with Crippen LogP contribution in [-0.4, -0.2) is 38.3 Å². The van der Waals surface area contributed by atoms with Crippen LogP contribution in [0.15, 0.2) is 23.1 Å². The predicted octanol–water partition coefficient (Wildman–Crippen LogP) is 1.38. The van der Waals surface area contributed by atoms with Gasteiger partial charge in [0.25, 0.3) is 0 Å². The van der Waals surface area contributed by atoms with Gasteiger partial charge in [0.05, 0.1) is 11.3 Å². The number of sulfonamides is 1. The van der Waals surface area contributed by atoms with E-state index in [1.165, 1.54) is 0 Å². The quantitative estimate of drug-likeness (QED) is 0.828. The number of likely N-dealkylation sites (N-methyl/N-ethyl adjacent to an activating group) is 1. The predicted molar refractivity (Wildman–Crippen MR) is 76.1 cm³/mol. The lowest BCUT2D eigenvalue weighted by Crippen LogP contribution is -2.33. The van der Waals surface area contributed by atoms with Gasteiger partial charge in [0, 0.05) is 25.3 Å². The minimum Gasteiger partial charge on any atom is -0.315 e. The topological polar surface area (TPSA) is 57.7 Å². The van der Waals surface area contributed by atoms with Crippen LogP contribution in [0, 0.1) is 0 Å². The molecule has 0 aliphatic carbocycles. The number of carbonyl (C=O) groups is 1. The van der Waals surface area contributed by atoms with Crippen LogP contribution in [0.5, 0.6) is 0 Å². The Morgan fingerprint density at radius 2 is 2.05 bits per heavy atom.